The molecule has 31 heavy (non-hydrogen) atoms. The van der Waals surface area contributed by atoms with Gasteiger partial charge in [-0.1, -0.05) is 12.1 Å². The van der Waals surface area contributed by atoms with E-state index in [0.29, 0.717) is 37.3 Å². The quantitative estimate of drug-likeness (QED) is 0.435. The van der Waals surface area contributed by atoms with Crippen LogP contribution in [0, 0.1) is 5.82 Å². The molecule has 2 saturated heterocycles. The molecule has 0 unspecified atom stereocenters. The fraction of sp³-hybridized carbons (Fsp3) is 0.348. The number of aliphatic hydroxyl groups excluding tert-OH is 1. The number of morpholine rings is 1. The number of carbonyl (C=O) groups excluding carboxylic acids is 2. The lowest BCUT2D eigenvalue weighted by molar-refractivity contribution is -0.140. The summed E-state index contributed by atoms with van der Waals surface area (Å²) < 4.78 is 19.3. The molecule has 1 atom stereocenters. The van der Waals surface area contributed by atoms with Crippen LogP contribution in [0.25, 0.3) is 5.76 Å². The van der Waals surface area contributed by atoms with Crippen molar-refractivity contribution in [2.75, 3.05) is 39.4 Å². The van der Waals surface area contributed by atoms with Crippen molar-refractivity contribution in [2.45, 2.75) is 12.5 Å². The Bertz CT molecular complexity index is 989. The molecule has 1 N–H and O–H groups in total. The summed E-state index contributed by atoms with van der Waals surface area (Å²) >= 11 is 0. The normalized spacial score (nSPS) is 21.6. The minimum absolute atomic E-state index is 0.0341. The summed E-state index contributed by atoms with van der Waals surface area (Å²) in [7, 11) is 0. The molecule has 1 aromatic heterocycles. The van der Waals surface area contributed by atoms with Gasteiger partial charge in [-0.3, -0.25) is 19.5 Å². The van der Waals surface area contributed by atoms with Crippen LogP contribution in [0.5, 0.6) is 0 Å². The molecule has 2 fully saturated rings. The summed E-state index contributed by atoms with van der Waals surface area (Å²) in [5, 5.41) is 10.9. The van der Waals surface area contributed by atoms with Crippen LogP contribution in [0.4, 0.5) is 4.39 Å². The van der Waals surface area contributed by atoms with Gasteiger partial charge in [-0.25, -0.2) is 4.39 Å². The molecule has 0 aliphatic carbocycles. The Hall–Kier alpha value is -3.10. The molecule has 1 amide bonds. The minimum Gasteiger partial charge on any atom is -0.507 e. The van der Waals surface area contributed by atoms with E-state index < -0.39 is 23.5 Å². The number of nitrogens with zero attached hydrogens (tertiary/aromatic N) is 3. The molecule has 0 bridgehead atoms. The largest absolute Gasteiger partial charge is 0.507 e. The molecule has 0 spiro atoms. The van der Waals surface area contributed by atoms with Crippen LogP contribution in [-0.4, -0.2) is 71.0 Å². The van der Waals surface area contributed by atoms with Crippen molar-refractivity contribution in [1.82, 2.24) is 14.8 Å². The zero-order valence-electron chi connectivity index (χ0n) is 17.0. The van der Waals surface area contributed by atoms with E-state index in [0.717, 1.165) is 19.6 Å². The molecule has 7 nitrogen and oxygen atoms in total. The zero-order chi connectivity index (χ0) is 21.8. The average Bonchev–Trinajstić information content (AvgIpc) is 3.05. The number of hydrogen-bond acceptors (Lipinski definition) is 6. The first-order chi connectivity index (χ1) is 15.1. The van der Waals surface area contributed by atoms with Crippen LogP contribution >= 0.6 is 0 Å². The van der Waals surface area contributed by atoms with Gasteiger partial charge in [0.1, 0.15) is 11.6 Å². The van der Waals surface area contributed by atoms with Crippen LogP contribution in [-0.2, 0) is 14.3 Å². The number of ketones is 1. The topological polar surface area (TPSA) is 83.0 Å². The van der Waals surface area contributed by atoms with Crippen molar-refractivity contribution in [3.63, 3.8) is 0 Å². The van der Waals surface area contributed by atoms with Gasteiger partial charge in [-0.15, -0.1) is 0 Å². The monoisotopic (exact) mass is 425 g/mol. The van der Waals surface area contributed by atoms with E-state index in [1.807, 2.05) is 0 Å². The molecule has 2 aliphatic heterocycles. The van der Waals surface area contributed by atoms with E-state index in [-0.39, 0.29) is 11.3 Å². The Labute approximate surface area is 179 Å². The Balaban J connectivity index is 1.66. The second-order valence-corrected chi connectivity index (χ2v) is 7.59. The van der Waals surface area contributed by atoms with E-state index in [1.54, 1.807) is 18.2 Å². The Kier molecular flexibility index (Phi) is 6.39. The van der Waals surface area contributed by atoms with Crippen LogP contribution in [0.2, 0.25) is 0 Å². The number of rotatable bonds is 6. The number of hydrogen-bond donors (Lipinski definition) is 1. The predicted octanol–water partition coefficient (Wildman–Crippen LogP) is 2.36. The van der Waals surface area contributed by atoms with Gasteiger partial charge in [0, 0.05) is 44.1 Å². The van der Waals surface area contributed by atoms with Crippen LogP contribution < -0.4 is 0 Å². The minimum atomic E-state index is -0.853. The first kappa shape index (κ1) is 21.1. The number of pyridine rings is 1. The summed E-state index contributed by atoms with van der Waals surface area (Å²) in [4.78, 5) is 33.4. The van der Waals surface area contributed by atoms with E-state index >= 15 is 0 Å². The van der Waals surface area contributed by atoms with Crippen molar-refractivity contribution in [2.24, 2.45) is 0 Å². The van der Waals surface area contributed by atoms with E-state index in [2.05, 4.69) is 9.88 Å². The highest BCUT2D eigenvalue weighted by atomic mass is 19.1. The molecular formula is C23H24FN3O4. The lowest BCUT2D eigenvalue weighted by Gasteiger charge is -2.29. The van der Waals surface area contributed by atoms with Crippen molar-refractivity contribution in [3.8, 4) is 0 Å². The van der Waals surface area contributed by atoms with Crippen LogP contribution in [0.15, 0.2) is 54.4 Å². The van der Waals surface area contributed by atoms with Crippen LogP contribution in [0.3, 0.4) is 0 Å². The molecule has 2 aromatic rings. The number of amides is 1. The van der Waals surface area contributed by atoms with E-state index in [9.17, 15) is 19.1 Å². The molecule has 2 aliphatic rings. The van der Waals surface area contributed by atoms with Gasteiger partial charge < -0.3 is 14.7 Å². The number of Topliss-reactive ketones (excluding diaryl/α,β-unsaturated/α-hetero) is 1. The molecular weight excluding hydrogens is 401 g/mol. The second kappa shape index (κ2) is 9.36. The number of aromatic nitrogens is 1. The van der Waals surface area contributed by atoms with Gasteiger partial charge in [-0.2, -0.15) is 0 Å². The standard InChI is InChI=1S/C23H24FN3O4/c24-18-4-1-3-17(15-18)20-19(21(28)16-5-7-25-8-6-16)22(29)23(30)27(20)10-2-9-26-11-13-31-14-12-26/h1,3-8,15,20,28H,2,9-14H2/b21-19+/t20-/m1/s1. The molecule has 3 heterocycles. The highest BCUT2D eigenvalue weighted by molar-refractivity contribution is 6.46. The fourth-order valence-electron chi connectivity index (χ4n) is 4.09. The fourth-order valence-corrected chi connectivity index (χ4v) is 4.09. The second-order valence-electron chi connectivity index (χ2n) is 7.59. The third-order valence-corrected chi connectivity index (χ3v) is 5.64. The number of ether oxygens (including phenoxy) is 1. The van der Waals surface area contributed by atoms with Gasteiger partial charge in [-0.05, 0) is 36.2 Å². The van der Waals surface area contributed by atoms with Crippen molar-refractivity contribution in [1.29, 1.82) is 0 Å². The van der Waals surface area contributed by atoms with E-state index in [1.165, 1.54) is 35.5 Å². The van der Waals surface area contributed by atoms with Crippen molar-refractivity contribution >= 4 is 17.4 Å². The zero-order valence-corrected chi connectivity index (χ0v) is 17.0. The molecule has 0 saturated carbocycles. The first-order valence-corrected chi connectivity index (χ1v) is 10.3. The SMILES string of the molecule is O=C1C(=O)N(CCCN2CCOCC2)[C@H](c2cccc(F)c2)/C1=C(\O)c1ccncc1. The lowest BCUT2D eigenvalue weighted by Crippen LogP contribution is -2.39. The van der Waals surface area contributed by atoms with Gasteiger partial charge in [0.2, 0.25) is 0 Å². The summed E-state index contributed by atoms with van der Waals surface area (Å²) in [5.41, 5.74) is 0.789. The van der Waals surface area contributed by atoms with Gasteiger partial charge in [0.25, 0.3) is 11.7 Å². The first-order valence-electron chi connectivity index (χ1n) is 10.3. The highest BCUT2D eigenvalue weighted by Crippen LogP contribution is 2.39. The van der Waals surface area contributed by atoms with Crippen molar-refractivity contribution < 1.29 is 23.8 Å². The summed E-state index contributed by atoms with van der Waals surface area (Å²) in [6, 6.07) is 8.06. The number of halogens is 1. The summed E-state index contributed by atoms with van der Waals surface area (Å²) in [6.45, 7) is 4.09. The van der Waals surface area contributed by atoms with Gasteiger partial charge in [0.15, 0.2) is 0 Å². The third kappa shape index (κ3) is 4.50. The average molecular weight is 425 g/mol. The molecule has 162 valence electrons. The molecule has 4 rings (SSSR count). The van der Waals surface area contributed by atoms with Gasteiger partial charge in [0.05, 0.1) is 24.8 Å². The third-order valence-electron chi connectivity index (χ3n) is 5.64. The van der Waals surface area contributed by atoms with Gasteiger partial charge >= 0.3 is 0 Å². The Morgan fingerprint density at radius 2 is 1.87 bits per heavy atom. The maximum absolute atomic E-state index is 14.0. The summed E-state index contributed by atoms with van der Waals surface area (Å²) in [5.74, 6) is -2.22. The maximum atomic E-state index is 14.0. The number of benzene rings is 1. The maximum Gasteiger partial charge on any atom is 0.295 e. The number of carbonyl (C=O) groups is 2. The molecule has 8 heteroatoms. The summed E-state index contributed by atoms with van der Waals surface area (Å²) in [6.07, 6.45) is 3.63. The predicted molar refractivity (Wildman–Crippen MR) is 112 cm³/mol. The highest BCUT2D eigenvalue weighted by Gasteiger charge is 2.45. The molecule has 0 radical (unpaired) electrons. The smallest absolute Gasteiger partial charge is 0.295 e. The Morgan fingerprint density at radius 3 is 2.58 bits per heavy atom. The van der Waals surface area contributed by atoms with Crippen LogP contribution in [0.1, 0.15) is 23.6 Å². The van der Waals surface area contributed by atoms with E-state index in [4.69, 9.17) is 4.74 Å². The Morgan fingerprint density at radius 1 is 1.13 bits per heavy atom. The molecule has 1 aromatic carbocycles. The van der Waals surface area contributed by atoms with Crippen molar-refractivity contribution in [3.05, 3.63) is 71.3 Å². The number of likely N-dealkylation sites (tertiary alicyclic amines) is 1. The number of aliphatic hydroxyl groups is 1. The lowest BCUT2D eigenvalue weighted by atomic mass is 9.95.